The van der Waals surface area contributed by atoms with E-state index in [0.717, 1.165) is 5.56 Å². The van der Waals surface area contributed by atoms with E-state index < -0.39 is 23.9 Å². The highest BCUT2D eigenvalue weighted by Crippen LogP contribution is 2.13. The molecule has 1 atom stereocenters. The monoisotopic (exact) mass is 308 g/mol. The molecule has 0 heterocycles. The molecule has 120 valence electrons. The Morgan fingerprint density at radius 3 is 2.45 bits per heavy atom. The van der Waals surface area contributed by atoms with E-state index in [0.29, 0.717) is 11.3 Å². The lowest BCUT2D eigenvalue weighted by atomic mass is 10.1. The molecule has 0 aliphatic carbocycles. The maximum atomic E-state index is 12.2. The van der Waals surface area contributed by atoms with Crippen LogP contribution in [0.1, 0.15) is 28.8 Å². The van der Waals surface area contributed by atoms with Crippen LogP contribution in [0.2, 0.25) is 0 Å². The van der Waals surface area contributed by atoms with Gasteiger partial charge in [-0.3, -0.25) is 9.59 Å². The highest BCUT2D eigenvalue weighted by Gasteiger charge is 2.23. The molecule has 1 amide bonds. The number of nitrogen functional groups attached to an aromatic ring is 1. The normalized spacial score (nSPS) is 11.4. The quantitative estimate of drug-likeness (QED) is 0.594. The zero-order chi connectivity index (χ0) is 16.7. The summed E-state index contributed by atoms with van der Waals surface area (Å²) in [4.78, 5) is 35.0. The van der Waals surface area contributed by atoms with Crippen molar-refractivity contribution in [1.29, 1.82) is 0 Å². The average molecular weight is 308 g/mol. The van der Waals surface area contributed by atoms with Crippen LogP contribution in [0.4, 0.5) is 5.69 Å². The Balaban J connectivity index is 2.79. The molecule has 0 unspecified atom stereocenters. The maximum Gasteiger partial charge on any atom is 0.328 e. The van der Waals surface area contributed by atoms with E-state index in [-0.39, 0.29) is 12.8 Å². The van der Waals surface area contributed by atoms with E-state index in [4.69, 9.17) is 5.73 Å². The van der Waals surface area contributed by atoms with Crippen LogP contribution < -0.4 is 11.1 Å². The Labute approximate surface area is 128 Å². The fourth-order valence-corrected chi connectivity index (χ4v) is 1.81. The van der Waals surface area contributed by atoms with Crippen molar-refractivity contribution < 1.29 is 23.9 Å². The van der Waals surface area contributed by atoms with E-state index in [1.807, 2.05) is 0 Å². The number of methoxy groups -OCH3 is 2. The van der Waals surface area contributed by atoms with Gasteiger partial charge in [0.15, 0.2) is 0 Å². The fourth-order valence-electron chi connectivity index (χ4n) is 1.81. The molecule has 22 heavy (non-hydrogen) atoms. The van der Waals surface area contributed by atoms with Crippen molar-refractivity contribution in [2.24, 2.45) is 0 Å². The molecule has 1 rings (SSSR count). The molecule has 3 N–H and O–H groups in total. The van der Waals surface area contributed by atoms with Crippen LogP contribution in [0.15, 0.2) is 18.2 Å². The minimum absolute atomic E-state index is 0.00267. The molecule has 0 saturated carbocycles. The van der Waals surface area contributed by atoms with Gasteiger partial charge in [0.05, 0.1) is 14.2 Å². The number of nitrogens with two attached hydrogens (primary N) is 1. The molecule has 7 nitrogen and oxygen atoms in total. The average Bonchev–Trinajstić information content (AvgIpc) is 2.52. The van der Waals surface area contributed by atoms with Gasteiger partial charge in [-0.15, -0.1) is 0 Å². The number of hydrogen-bond acceptors (Lipinski definition) is 6. The summed E-state index contributed by atoms with van der Waals surface area (Å²) in [6.07, 6.45) is 0.0936. The molecule has 1 aromatic carbocycles. The summed E-state index contributed by atoms with van der Waals surface area (Å²) in [5, 5.41) is 2.55. The Kier molecular flexibility index (Phi) is 6.37. The van der Waals surface area contributed by atoms with Crippen molar-refractivity contribution in [3.63, 3.8) is 0 Å². The topological polar surface area (TPSA) is 108 Å². The summed E-state index contributed by atoms with van der Waals surface area (Å²) in [5.74, 6) is -1.53. The third-order valence-corrected chi connectivity index (χ3v) is 3.19. The summed E-state index contributed by atoms with van der Waals surface area (Å²) in [5.41, 5.74) is 7.41. The van der Waals surface area contributed by atoms with Crippen molar-refractivity contribution in [2.45, 2.75) is 25.8 Å². The van der Waals surface area contributed by atoms with Crippen LogP contribution in [0.25, 0.3) is 0 Å². The first-order valence-corrected chi connectivity index (χ1v) is 6.70. The highest BCUT2D eigenvalue weighted by atomic mass is 16.5. The molecular weight excluding hydrogens is 288 g/mol. The number of ether oxygens (including phenoxy) is 2. The van der Waals surface area contributed by atoms with E-state index in [2.05, 4.69) is 14.8 Å². The number of aryl methyl sites for hydroxylation is 1. The second kappa shape index (κ2) is 8.02. The van der Waals surface area contributed by atoms with Crippen LogP contribution in [0.3, 0.4) is 0 Å². The third kappa shape index (κ3) is 4.76. The number of anilines is 1. The molecule has 0 fully saturated rings. The molecule has 1 aromatic rings. The number of hydrogen-bond donors (Lipinski definition) is 2. The summed E-state index contributed by atoms with van der Waals surface area (Å²) in [6.45, 7) is 1.78. The van der Waals surface area contributed by atoms with Crippen molar-refractivity contribution in [3.05, 3.63) is 29.3 Å². The lowest BCUT2D eigenvalue weighted by molar-refractivity contribution is -0.144. The molecule has 7 heteroatoms. The summed E-state index contributed by atoms with van der Waals surface area (Å²) in [6, 6.07) is 3.88. The van der Waals surface area contributed by atoms with Crippen LogP contribution in [0, 0.1) is 6.92 Å². The first kappa shape index (κ1) is 17.5. The van der Waals surface area contributed by atoms with Gasteiger partial charge in [-0.1, -0.05) is 0 Å². The SMILES string of the molecule is COC(=O)CC[C@@H](NC(=O)c1ccc(N)c(C)c1)C(=O)OC. The molecule has 0 aliphatic rings. The number of carbonyl (C=O) groups excluding carboxylic acids is 3. The molecular formula is C15H20N2O5. The smallest absolute Gasteiger partial charge is 0.328 e. The van der Waals surface area contributed by atoms with Gasteiger partial charge >= 0.3 is 11.9 Å². The molecule has 0 saturated heterocycles. The molecule has 0 aliphatic heterocycles. The van der Waals surface area contributed by atoms with Gasteiger partial charge in [-0.25, -0.2) is 4.79 Å². The van der Waals surface area contributed by atoms with Crippen LogP contribution in [-0.4, -0.2) is 38.1 Å². The Morgan fingerprint density at radius 1 is 1.23 bits per heavy atom. The molecule has 0 bridgehead atoms. The maximum absolute atomic E-state index is 12.2. The van der Waals surface area contributed by atoms with Crippen LogP contribution >= 0.6 is 0 Å². The lowest BCUT2D eigenvalue weighted by Gasteiger charge is -2.16. The van der Waals surface area contributed by atoms with Crippen molar-refractivity contribution in [2.75, 3.05) is 20.0 Å². The van der Waals surface area contributed by atoms with Crippen LogP contribution in [-0.2, 0) is 19.1 Å². The molecule has 0 spiro atoms. The number of amides is 1. The number of rotatable bonds is 6. The Bertz CT molecular complexity index is 571. The molecule has 0 radical (unpaired) electrons. The van der Waals surface area contributed by atoms with E-state index in [9.17, 15) is 14.4 Å². The van der Waals surface area contributed by atoms with E-state index in [1.54, 1.807) is 25.1 Å². The zero-order valence-corrected chi connectivity index (χ0v) is 12.8. The number of benzene rings is 1. The van der Waals surface area contributed by atoms with E-state index >= 15 is 0 Å². The number of nitrogens with one attached hydrogen (secondary N) is 1. The fraction of sp³-hybridized carbons (Fsp3) is 0.400. The number of esters is 2. The van der Waals surface area contributed by atoms with Crippen molar-refractivity contribution in [1.82, 2.24) is 5.32 Å². The van der Waals surface area contributed by atoms with Crippen molar-refractivity contribution in [3.8, 4) is 0 Å². The summed E-state index contributed by atoms with van der Waals surface area (Å²) < 4.78 is 9.15. The van der Waals surface area contributed by atoms with Crippen molar-refractivity contribution >= 4 is 23.5 Å². The highest BCUT2D eigenvalue weighted by molar-refractivity contribution is 5.97. The van der Waals surface area contributed by atoms with Gasteiger partial charge in [0, 0.05) is 17.7 Å². The Hall–Kier alpha value is -2.57. The van der Waals surface area contributed by atoms with Gasteiger partial charge in [0.1, 0.15) is 6.04 Å². The molecule has 0 aromatic heterocycles. The third-order valence-electron chi connectivity index (χ3n) is 3.19. The minimum Gasteiger partial charge on any atom is -0.469 e. The Morgan fingerprint density at radius 2 is 1.91 bits per heavy atom. The van der Waals surface area contributed by atoms with Gasteiger partial charge in [-0.05, 0) is 37.1 Å². The first-order valence-electron chi connectivity index (χ1n) is 6.70. The predicted molar refractivity (Wildman–Crippen MR) is 80.1 cm³/mol. The minimum atomic E-state index is -0.922. The van der Waals surface area contributed by atoms with Gasteiger partial charge in [0.2, 0.25) is 0 Å². The van der Waals surface area contributed by atoms with Gasteiger partial charge in [-0.2, -0.15) is 0 Å². The second-order valence-electron chi connectivity index (χ2n) is 4.74. The first-order chi connectivity index (χ1) is 10.4. The predicted octanol–water partition coefficient (Wildman–Crippen LogP) is 0.802. The summed E-state index contributed by atoms with van der Waals surface area (Å²) >= 11 is 0. The van der Waals surface area contributed by atoms with Gasteiger partial charge < -0.3 is 20.5 Å². The lowest BCUT2D eigenvalue weighted by Crippen LogP contribution is -2.41. The summed E-state index contributed by atoms with van der Waals surface area (Å²) in [7, 11) is 2.47. The zero-order valence-electron chi connectivity index (χ0n) is 12.8. The van der Waals surface area contributed by atoms with Gasteiger partial charge in [0.25, 0.3) is 5.91 Å². The number of carbonyl (C=O) groups is 3. The van der Waals surface area contributed by atoms with E-state index in [1.165, 1.54) is 14.2 Å². The standard InChI is InChI=1S/C15H20N2O5/c1-9-8-10(4-5-11(9)16)14(19)17-12(15(20)22-3)6-7-13(18)21-2/h4-5,8,12H,6-7,16H2,1-3H3,(H,17,19)/t12-/m1/s1. The van der Waals surface area contributed by atoms with Crippen LogP contribution in [0.5, 0.6) is 0 Å². The second-order valence-corrected chi connectivity index (χ2v) is 4.74. The largest absolute Gasteiger partial charge is 0.469 e.